The molecule has 0 aliphatic rings. The summed E-state index contributed by atoms with van der Waals surface area (Å²) >= 11 is 0. The highest BCUT2D eigenvalue weighted by Crippen LogP contribution is 2.23. The third kappa shape index (κ3) is 2.54. The van der Waals surface area contributed by atoms with Crippen molar-refractivity contribution in [1.29, 1.82) is 0 Å². The second-order valence-electron chi connectivity index (χ2n) is 3.16. The van der Waals surface area contributed by atoms with Gasteiger partial charge in [0.1, 0.15) is 5.25 Å². The van der Waals surface area contributed by atoms with Crippen molar-refractivity contribution in [3.05, 3.63) is 35.9 Å². The Bertz CT molecular complexity index is 386. The van der Waals surface area contributed by atoms with Crippen LogP contribution in [0.15, 0.2) is 30.3 Å². The summed E-state index contributed by atoms with van der Waals surface area (Å²) < 4.78 is 22.4. The summed E-state index contributed by atoms with van der Waals surface area (Å²) in [5.74, 6) is 0. The molecule has 0 heterocycles. The minimum absolute atomic E-state index is 0.505. The normalized spacial score (nSPS) is 16.2. The lowest BCUT2D eigenvalue weighted by Gasteiger charge is -2.17. The predicted octanol–water partition coefficient (Wildman–Crippen LogP) is 0.397. The minimum atomic E-state index is -3.77. The number of hydrogen-bond donors (Lipinski definition) is 2. The molecule has 2 unspecified atom stereocenters. The Hall–Kier alpha value is -0.910. The van der Waals surface area contributed by atoms with Crippen LogP contribution < -0.4 is 5.14 Å². The van der Waals surface area contributed by atoms with Crippen LogP contribution >= 0.6 is 0 Å². The maximum atomic E-state index is 11.2. The highest BCUT2D eigenvalue weighted by molar-refractivity contribution is 7.89. The molecule has 0 aliphatic heterocycles. The molecule has 0 saturated carbocycles. The zero-order chi connectivity index (χ0) is 10.8. The maximum absolute atomic E-state index is 11.2. The van der Waals surface area contributed by atoms with Crippen molar-refractivity contribution in [1.82, 2.24) is 0 Å². The van der Waals surface area contributed by atoms with Crippen LogP contribution in [0.2, 0.25) is 0 Å². The summed E-state index contributed by atoms with van der Waals surface area (Å²) in [6, 6.07) is 8.43. The molecular weight excluding hydrogens is 202 g/mol. The van der Waals surface area contributed by atoms with Crippen LogP contribution in [0.5, 0.6) is 0 Å². The number of aliphatic hydroxyl groups is 1. The summed E-state index contributed by atoms with van der Waals surface area (Å²) in [6.07, 6.45) is -1.02. The quantitative estimate of drug-likeness (QED) is 0.765. The van der Waals surface area contributed by atoms with Gasteiger partial charge in [0.2, 0.25) is 10.0 Å². The highest BCUT2D eigenvalue weighted by Gasteiger charge is 2.28. The Labute approximate surface area is 83.4 Å². The lowest BCUT2D eigenvalue weighted by Crippen LogP contribution is -2.29. The van der Waals surface area contributed by atoms with Gasteiger partial charge in [-0.25, -0.2) is 13.6 Å². The van der Waals surface area contributed by atoms with Gasteiger partial charge in [-0.2, -0.15) is 0 Å². The van der Waals surface area contributed by atoms with Crippen molar-refractivity contribution in [2.24, 2.45) is 5.14 Å². The third-order valence-corrected chi connectivity index (χ3v) is 3.29. The molecule has 1 aromatic rings. The van der Waals surface area contributed by atoms with Gasteiger partial charge in [-0.3, -0.25) is 0 Å². The number of benzene rings is 1. The van der Waals surface area contributed by atoms with E-state index in [4.69, 9.17) is 5.14 Å². The largest absolute Gasteiger partial charge is 0.392 e. The summed E-state index contributed by atoms with van der Waals surface area (Å²) in [7, 11) is -3.77. The van der Waals surface area contributed by atoms with Gasteiger partial charge in [-0.15, -0.1) is 0 Å². The molecule has 2 atom stereocenters. The number of aliphatic hydroxyl groups excluding tert-OH is 1. The van der Waals surface area contributed by atoms with E-state index in [2.05, 4.69) is 0 Å². The molecule has 0 amide bonds. The molecule has 0 radical (unpaired) electrons. The van der Waals surface area contributed by atoms with Crippen molar-refractivity contribution >= 4 is 10.0 Å². The maximum Gasteiger partial charge on any atom is 0.218 e. The molecule has 4 nitrogen and oxygen atoms in total. The van der Waals surface area contributed by atoms with Crippen molar-refractivity contribution in [3.8, 4) is 0 Å². The van der Waals surface area contributed by atoms with Crippen LogP contribution in [0.25, 0.3) is 0 Å². The smallest absolute Gasteiger partial charge is 0.218 e. The summed E-state index contributed by atoms with van der Waals surface area (Å²) in [5.41, 5.74) is 0.505. The van der Waals surface area contributed by atoms with Gasteiger partial charge >= 0.3 is 0 Å². The van der Waals surface area contributed by atoms with Crippen molar-refractivity contribution in [2.75, 3.05) is 0 Å². The molecule has 5 heteroatoms. The third-order valence-electron chi connectivity index (χ3n) is 1.92. The Morgan fingerprint density at radius 1 is 1.29 bits per heavy atom. The average Bonchev–Trinajstić information content (AvgIpc) is 2.02. The summed E-state index contributed by atoms with van der Waals surface area (Å²) in [6.45, 7) is 1.40. The number of rotatable bonds is 3. The second kappa shape index (κ2) is 4.08. The molecule has 0 saturated heterocycles. The van der Waals surface area contributed by atoms with Gasteiger partial charge in [0, 0.05) is 0 Å². The van der Waals surface area contributed by atoms with Crippen LogP contribution in [0, 0.1) is 0 Å². The number of primary sulfonamides is 1. The first kappa shape index (κ1) is 11.2. The van der Waals surface area contributed by atoms with E-state index in [9.17, 15) is 13.5 Å². The second-order valence-corrected chi connectivity index (χ2v) is 4.85. The van der Waals surface area contributed by atoms with Gasteiger partial charge in [0.05, 0.1) is 6.10 Å². The van der Waals surface area contributed by atoms with E-state index < -0.39 is 21.4 Å². The Morgan fingerprint density at radius 2 is 1.79 bits per heavy atom. The average molecular weight is 215 g/mol. The summed E-state index contributed by atoms with van der Waals surface area (Å²) in [5, 5.41) is 13.3. The first-order valence-corrected chi connectivity index (χ1v) is 5.78. The van der Waals surface area contributed by atoms with E-state index in [0.717, 1.165) is 0 Å². The topological polar surface area (TPSA) is 80.4 Å². The first-order chi connectivity index (χ1) is 6.43. The number of nitrogens with two attached hydrogens (primary N) is 1. The predicted molar refractivity (Wildman–Crippen MR) is 54.0 cm³/mol. The van der Waals surface area contributed by atoms with Crippen LogP contribution in [0.4, 0.5) is 0 Å². The van der Waals surface area contributed by atoms with Crippen LogP contribution in [0.3, 0.4) is 0 Å². The Balaban J connectivity index is 3.15. The van der Waals surface area contributed by atoms with E-state index in [1.165, 1.54) is 6.92 Å². The lowest BCUT2D eigenvalue weighted by atomic mass is 10.1. The Morgan fingerprint density at radius 3 is 2.14 bits per heavy atom. The van der Waals surface area contributed by atoms with Crippen LogP contribution in [0.1, 0.15) is 17.7 Å². The molecule has 0 bridgehead atoms. The standard InChI is InChI=1S/C9H13NO3S/c1-7(11)9(14(10,12)13)8-5-3-2-4-6-8/h2-7,9,11H,1H3,(H2,10,12,13). The molecule has 0 spiro atoms. The highest BCUT2D eigenvalue weighted by atomic mass is 32.2. The zero-order valence-corrected chi connectivity index (χ0v) is 8.61. The van der Waals surface area contributed by atoms with Gasteiger partial charge in [-0.1, -0.05) is 30.3 Å². The fraction of sp³-hybridized carbons (Fsp3) is 0.333. The zero-order valence-electron chi connectivity index (χ0n) is 7.79. The van der Waals surface area contributed by atoms with E-state index in [1.54, 1.807) is 30.3 Å². The molecule has 78 valence electrons. The molecular formula is C9H13NO3S. The molecule has 14 heavy (non-hydrogen) atoms. The van der Waals surface area contributed by atoms with Crippen molar-refractivity contribution in [2.45, 2.75) is 18.3 Å². The van der Waals surface area contributed by atoms with Crippen molar-refractivity contribution < 1.29 is 13.5 Å². The van der Waals surface area contributed by atoms with Crippen molar-refractivity contribution in [3.63, 3.8) is 0 Å². The first-order valence-electron chi connectivity index (χ1n) is 4.17. The summed E-state index contributed by atoms with van der Waals surface area (Å²) in [4.78, 5) is 0. The molecule has 1 aromatic carbocycles. The number of sulfonamides is 1. The lowest BCUT2D eigenvalue weighted by molar-refractivity contribution is 0.188. The van der Waals surface area contributed by atoms with E-state index in [0.29, 0.717) is 5.56 Å². The monoisotopic (exact) mass is 215 g/mol. The van der Waals surface area contributed by atoms with E-state index in [1.807, 2.05) is 0 Å². The van der Waals surface area contributed by atoms with Gasteiger partial charge in [-0.05, 0) is 12.5 Å². The van der Waals surface area contributed by atoms with Crippen LogP contribution in [-0.2, 0) is 10.0 Å². The fourth-order valence-electron chi connectivity index (χ4n) is 1.39. The van der Waals surface area contributed by atoms with Gasteiger partial charge < -0.3 is 5.11 Å². The van der Waals surface area contributed by atoms with Gasteiger partial charge in [0.15, 0.2) is 0 Å². The minimum Gasteiger partial charge on any atom is -0.392 e. The molecule has 0 aromatic heterocycles. The molecule has 0 aliphatic carbocycles. The fourth-order valence-corrected chi connectivity index (χ4v) is 2.47. The molecule has 3 N–H and O–H groups in total. The SMILES string of the molecule is CC(O)C(c1ccccc1)S(N)(=O)=O. The van der Waals surface area contributed by atoms with E-state index in [-0.39, 0.29) is 0 Å². The number of hydrogen-bond acceptors (Lipinski definition) is 3. The van der Waals surface area contributed by atoms with Crippen LogP contribution in [-0.4, -0.2) is 19.6 Å². The molecule has 1 rings (SSSR count). The van der Waals surface area contributed by atoms with Gasteiger partial charge in [0.25, 0.3) is 0 Å². The molecule has 0 fully saturated rings. The van der Waals surface area contributed by atoms with E-state index >= 15 is 0 Å². The Kier molecular flexibility index (Phi) is 3.25.